The molecule has 6 nitrogen and oxygen atoms in total. The zero-order valence-corrected chi connectivity index (χ0v) is 9.66. The molecule has 0 fully saturated rings. The molecule has 88 valence electrons. The Bertz CT molecular complexity index is 349. The summed E-state index contributed by atoms with van der Waals surface area (Å²) >= 11 is 1.53. The van der Waals surface area contributed by atoms with E-state index in [-0.39, 0.29) is 6.61 Å². The van der Waals surface area contributed by atoms with Crippen molar-refractivity contribution in [3.05, 3.63) is 12.4 Å². The predicted molar refractivity (Wildman–Crippen MR) is 60.8 cm³/mol. The lowest BCUT2D eigenvalue weighted by Crippen LogP contribution is -2.14. The van der Waals surface area contributed by atoms with E-state index in [0.29, 0.717) is 19.0 Å². The smallest absolute Gasteiger partial charge is 0.329 e. The van der Waals surface area contributed by atoms with Crippen molar-refractivity contribution in [2.75, 3.05) is 31.3 Å². The van der Waals surface area contributed by atoms with Crippen molar-refractivity contribution in [1.29, 1.82) is 0 Å². The first-order valence-electron chi connectivity index (χ1n) is 4.62. The Labute approximate surface area is 97.4 Å². The number of hydrogen-bond acceptors (Lipinski definition) is 6. The normalized spacial score (nSPS) is 10.1. The average Bonchev–Trinajstić information content (AvgIpc) is 2.28. The molecule has 0 amide bonds. The number of carbonyl (C=O) groups is 1. The lowest BCUT2D eigenvalue weighted by molar-refractivity contribution is -0.142. The number of carboxylic acid groups (broad SMARTS) is 1. The van der Waals surface area contributed by atoms with Gasteiger partial charge in [0.05, 0.1) is 6.61 Å². The molecule has 0 unspecified atom stereocenters. The lowest BCUT2D eigenvalue weighted by atomic mass is 10.5. The summed E-state index contributed by atoms with van der Waals surface area (Å²) in [6.45, 7) is 0.560. The highest BCUT2D eigenvalue weighted by Gasteiger charge is 1.98. The molecule has 0 aliphatic rings. The Morgan fingerprint density at radius 3 is 3.12 bits per heavy atom. The summed E-state index contributed by atoms with van der Waals surface area (Å²) in [4.78, 5) is 18.2. The van der Waals surface area contributed by atoms with E-state index in [2.05, 4.69) is 15.3 Å². The van der Waals surface area contributed by atoms with Crippen molar-refractivity contribution in [1.82, 2.24) is 9.97 Å². The fourth-order valence-electron chi connectivity index (χ4n) is 0.959. The third kappa shape index (κ3) is 4.94. The van der Waals surface area contributed by atoms with Gasteiger partial charge in [0.1, 0.15) is 23.8 Å². The summed E-state index contributed by atoms with van der Waals surface area (Å²) in [7, 11) is 0. The minimum absolute atomic E-state index is 0.276. The molecule has 0 saturated carbocycles. The largest absolute Gasteiger partial charge is 0.480 e. The number of ether oxygens (including phenoxy) is 1. The molecule has 1 aromatic rings. The minimum Gasteiger partial charge on any atom is -0.480 e. The van der Waals surface area contributed by atoms with Crippen LogP contribution in [0.25, 0.3) is 0 Å². The molecule has 16 heavy (non-hydrogen) atoms. The quantitative estimate of drug-likeness (QED) is 0.414. The number of carboxylic acids is 1. The Balaban J connectivity index is 2.23. The summed E-state index contributed by atoms with van der Waals surface area (Å²) in [6.07, 6.45) is 3.41. The summed E-state index contributed by atoms with van der Waals surface area (Å²) < 4.78 is 4.86. The number of nitrogens with zero attached hydrogens (tertiary/aromatic N) is 2. The van der Waals surface area contributed by atoms with E-state index < -0.39 is 5.97 Å². The van der Waals surface area contributed by atoms with Gasteiger partial charge in [-0.05, 0) is 6.26 Å². The van der Waals surface area contributed by atoms with Crippen LogP contribution in [-0.4, -0.2) is 47.1 Å². The number of rotatable bonds is 7. The molecule has 1 rings (SSSR count). The molecule has 0 atom stereocenters. The number of aromatic nitrogens is 2. The molecule has 0 saturated heterocycles. The van der Waals surface area contributed by atoms with Crippen LogP contribution in [0.3, 0.4) is 0 Å². The van der Waals surface area contributed by atoms with E-state index in [1.165, 1.54) is 18.1 Å². The lowest BCUT2D eigenvalue weighted by Gasteiger charge is -2.05. The van der Waals surface area contributed by atoms with E-state index in [0.717, 1.165) is 5.03 Å². The van der Waals surface area contributed by atoms with Gasteiger partial charge >= 0.3 is 5.97 Å². The molecule has 2 N–H and O–H groups in total. The molecular formula is C9H13N3O3S. The van der Waals surface area contributed by atoms with Crippen LogP contribution >= 0.6 is 11.8 Å². The van der Waals surface area contributed by atoms with Gasteiger partial charge in [-0.1, -0.05) is 0 Å². The van der Waals surface area contributed by atoms with E-state index in [9.17, 15) is 4.79 Å². The molecule has 0 bridgehead atoms. The predicted octanol–water partition coefficient (Wildman–Crippen LogP) is 0.712. The van der Waals surface area contributed by atoms with Gasteiger partial charge in [0.2, 0.25) is 0 Å². The van der Waals surface area contributed by atoms with Crippen LogP contribution in [-0.2, 0) is 9.53 Å². The van der Waals surface area contributed by atoms with E-state index in [4.69, 9.17) is 9.84 Å². The van der Waals surface area contributed by atoms with Gasteiger partial charge in [0.25, 0.3) is 0 Å². The topological polar surface area (TPSA) is 84.3 Å². The van der Waals surface area contributed by atoms with Crippen molar-refractivity contribution < 1.29 is 14.6 Å². The summed E-state index contributed by atoms with van der Waals surface area (Å²) in [5, 5.41) is 12.2. The number of nitrogens with one attached hydrogen (secondary N) is 1. The van der Waals surface area contributed by atoms with Gasteiger partial charge in [-0.3, -0.25) is 0 Å². The van der Waals surface area contributed by atoms with Crippen LogP contribution in [0.5, 0.6) is 0 Å². The van der Waals surface area contributed by atoms with Crippen LogP contribution < -0.4 is 5.32 Å². The van der Waals surface area contributed by atoms with Gasteiger partial charge in [-0.25, -0.2) is 14.8 Å². The molecular weight excluding hydrogens is 230 g/mol. The maximum Gasteiger partial charge on any atom is 0.329 e. The minimum atomic E-state index is -0.966. The fourth-order valence-corrected chi connectivity index (χ4v) is 1.34. The summed E-state index contributed by atoms with van der Waals surface area (Å²) in [5.74, 6) is -0.259. The molecule has 0 aliphatic heterocycles. The van der Waals surface area contributed by atoms with Crippen LogP contribution in [0.2, 0.25) is 0 Å². The molecule has 0 radical (unpaired) electrons. The van der Waals surface area contributed by atoms with Crippen LogP contribution in [0, 0.1) is 0 Å². The average molecular weight is 243 g/mol. The zero-order chi connectivity index (χ0) is 11.8. The summed E-state index contributed by atoms with van der Waals surface area (Å²) in [6, 6.07) is 1.82. The second-order valence-corrected chi connectivity index (χ2v) is 3.65. The van der Waals surface area contributed by atoms with Crippen molar-refractivity contribution in [2.45, 2.75) is 5.03 Å². The van der Waals surface area contributed by atoms with Crippen molar-refractivity contribution in [3.63, 3.8) is 0 Å². The third-order valence-electron chi connectivity index (χ3n) is 1.63. The van der Waals surface area contributed by atoms with Gasteiger partial charge in [0, 0.05) is 12.6 Å². The molecule has 7 heteroatoms. The Kier molecular flexibility index (Phi) is 5.58. The van der Waals surface area contributed by atoms with Crippen LogP contribution in [0.15, 0.2) is 17.4 Å². The second kappa shape index (κ2) is 7.02. The third-order valence-corrected chi connectivity index (χ3v) is 2.27. The molecule has 0 spiro atoms. The van der Waals surface area contributed by atoms with Gasteiger partial charge in [-0.15, -0.1) is 11.8 Å². The standard InChI is InChI=1S/C9H13N3O3S/c1-16-8-4-7(11-6-12-8)10-2-3-15-5-9(13)14/h4,6H,2-3,5H2,1H3,(H,13,14)(H,10,11,12). The second-order valence-electron chi connectivity index (χ2n) is 2.82. The van der Waals surface area contributed by atoms with Crippen molar-refractivity contribution in [2.24, 2.45) is 0 Å². The van der Waals surface area contributed by atoms with E-state index in [1.807, 2.05) is 12.3 Å². The monoisotopic (exact) mass is 243 g/mol. The Morgan fingerprint density at radius 1 is 1.62 bits per heavy atom. The molecule has 1 heterocycles. The first kappa shape index (κ1) is 12.7. The number of thioether (sulfide) groups is 1. The van der Waals surface area contributed by atoms with Crippen LogP contribution in [0.4, 0.5) is 5.82 Å². The Hall–Kier alpha value is -1.34. The Morgan fingerprint density at radius 2 is 2.44 bits per heavy atom. The highest BCUT2D eigenvalue weighted by atomic mass is 32.2. The van der Waals surface area contributed by atoms with Gasteiger partial charge in [-0.2, -0.15) is 0 Å². The maximum absolute atomic E-state index is 10.1. The zero-order valence-electron chi connectivity index (χ0n) is 8.84. The SMILES string of the molecule is CSc1cc(NCCOCC(=O)O)ncn1. The van der Waals surface area contributed by atoms with Gasteiger partial charge in [0.15, 0.2) is 0 Å². The molecule has 0 aromatic carbocycles. The maximum atomic E-state index is 10.1. The highest BCUT2D eigenvalue weighted by Crippen LogP contribution is 2.13. The number of hydrogen-bond donors (Lipinski definition) is 2. The molecule has 0 aliphatic carbocycles. The van der Waals surface area contributed by atoms with Gasteiger partial charge < -0.3 is 15.2 Å². The first-order valence-corrected chi connectivity index (χ1v) is 5.84. The van der Waals surface area contributed by atoms with E-state index >= 15 is 0 Å². The first-order chi connectivity index (χ1) is 7.72. The molecule has 1 aromatic heterocycles. The van der Waals surface area contributed by atoms with E-state index in [1.54, 1.807) is 0 Å². The van der Waals surface area contributed by atoms with Crippen LogP contribution in [0.1, 0.15) is 0 Å². The van der Waals surface area contributed by atoms with Crippen molar-refractivity contribution >= 4 is 23.5 Å². The highest BCUT2D eigenvalue weighted by molar-refractivity contribution is 7.98. The fraction of sp³-hybridized carbons (Fsp3) is 0.444. The number of aliphatic carboxylic acids is 1. The summed E-state index contributed by atoms with van der Waals surface area (Å²) in [5.41, 5.74) is 0. The van der Waals surface area contributed by atoms with Crippen molar-refractivity contribution in [3.8, 4) is 0 Å². The number of anilines is 1.